The Morgan fingerprint density at radius 3 is 1.11 bits per heavy atom. The summed E-state index contributed by atoms with van der Waals surface area (Å²) in [6.45, 7) is 26.3. The Kier molecular flexibility index (Phi) is 11.5. The number of rotatable bonds is 3. The zero-order valence-electron chi connectivity index (χ0n) is 20.1. The molecule has 0 unspecified atom stereocenters. The molecule has 162 valence electrons. The third-order valence-corrected chi connectivity index (χ3v) is 6.43. The molecule has 0 saturated carbocycles. The Hall–Kier alpha value is -0.120. The zero-order chi connectivity index (χ0) is 20.4. The summed E-state index contributed by atoms with van der Waals surface area (Å²) < 4.78 is 0. The van der Waals surface area contributed by atoms with Crippen LogP contribution >= 0.6 is 0 Å². The fourth-order valence-corrected chi connectivity index (χ4v) is 4.29. The minimum Gasteiger partial charge on any atom is -0.301 e. The molecule has 0 radical (unpaired) electrons. The van der Waals surface area contributed by atoms with Gasteiger partial charge in [-0.3, -0.25) is 0 Å². The highest BCUT2D eigenvalue weighted by Crippen LogP contribution is 2.29. The van der Waals surface area contributed by atoms with Crippen LogP contribution in [0.25, 0.3) is 0 Å². The lowest BCUT2D eigenvalue weighted by atomic mass is 9.93. The molecule has 3 aliphatic heterocycles. The molecule has 0 aromatic heterocycles. The fraction of sp³-hybridized carbons (Fsp3) is 1.00. The van der Waals surface area contributed by atoms with Crippen molar-refractivity contribution in [1.29, 1.82) is 0 Å². The first-order valence-electron chi connectivity index (χ1n) is 11.8. The molecule has 0 bridgehead atoms. The number of likely N-dealkylation sites (tertiary alicyclic amines) is 3. The maximum absolute atomic E-state index is 2.56. The number of piperidine rings is 1. The molecule has 3 heteroatoms. The van der Waals surface area contributed by atoms with Crippen LogP contribution in [0.15, 0.2) is 0 Å². The van der Waals surface area contributed by atoms with Gasteiger partial charge in [-0.15, -0.1) is 0 Å². The van der Waals surface area contributed by atoms with Gasteiger partial charge in [0.15, 0.2) is 0 Å². The first kappa shape index (κ1) is 24.9. The molecule has 0 aromatic rings. The topological polar surface area (TPSA) is 9.72 Å². The van der Waals surface area contributed by atoms with Gasteiger partial charge >= 0.3 is 0 Å². The molecule has 3 rings (SSSR count). The van der Waals surface area contributed by atoms with Crippen molar-refractivity contribution in [3.05, 3.63) is 0 Å². The van der Waals surface area contributed by atoms with Crippen LogP contribution in [0.3, 0.4) is 0 Å². The highest BCUT2D eigenvalue weighted by Gasteiger charge is 2.29. The van der Waals surface area contributed by atoms with Gasteiger partial charge in [-0.1, -0.05) is 20.3 Å². The predicted octanol–water partition coefficient (Wildman–Crippen LogP) is 5.50. The van der Waals surface area contributed by atoms with E-state index in [2.05, 4.69) is 70.1 Å². The lowest BCUT2D eigenvalue weighted by Crippen LogP contribution is -2.35. The van der Waals surface area contributed by atoms with Gasteiger partial charge in [-0.2, -0.15) is 0 Å². The van der Waals surface area contributed by atoms with E-state index in [1.165, 1.54) is 77.8 Å². The zero-order valence-corrected chi connectivity index (χ0v) is 20.1. The molecule has 0 N–H and O–H groups in total. The Morgan fingerprint density at radius 2 is 0.889 bits per heavy atom. The van der Waals surface area contributed by atoms with Crippen molar-refractivity contribution in [3.63, 3.8) is 0 Å². The summed E-state index contributed by atoms with van der Waals surface area (Å²) in [5.74, 6) is 0. The molecule has 0 atom stereocenters. The smallest absolute Gasteiger partial charge is 0.00388 e. The molecule has 3 heterocycles. The van der Waals surface area contributed by atoms with E-state index in [0.717, 1.165) is 18.1 Å². The Bertz CT molecular complexity index is 364. The number of nitrogens with zero attached hydrogens (tertiary/aromatic N) is 3. The highest BCUT2D eigenvalue weighted by molar-refractivity contribution is 4.83. The first-order valence-corrected chi connectivity index (χ1v) is 11.8. The largest absolute Gasteiger partial charge is 0.301 e. The molecule has 0 amide bonds. The lowest BCUT2D eigenvalue weighted by Gasteiger charge is -2.29. The summed E-state index contributed by atoms with van der Waals surface area (Å²) in [6, 6.07) is 2.28. The molecule has 3 nitrogen and oxygen atoms in total. The Morgan fingerprint density at radius 1 is 0.519 bits per heavy atom. The molecular formula is C24H51N3. The second kappa shape index (κ2) is 12.4. The van der Waals surface area contributed by atoms with Gasteiger partial charge in [0.25, 0.3) is 0 Å². The van der Waals surface area contributed by atoms with Crippen LogP contribution in [0.5, 0.6) is 0 Å². The first-order chi connectivity index (χ1) is 12.6. The van der Waals surface area contributed by atoms with Crippen LogP contribution in [0.2, 0.25) is 0 Å². The van der Waals surface area contributed by atoms with E-state index >= 15 is 0 Å². The maximum atomic E-state index is 2.56. The van der Waals surface area contributed by atoms with Gasteiger partial charge in [0.2, 0.25) is 0 Å². The number of hydrogen-bond donors (Lipinski definition) is 0. The van der Waals surface area contributed by atoms with Gasteiger partial charge in [-0.25, -0.2) is 0 Å². The minimum absolute atomic E-state index is 0.574. The van der Waals surface area contributed by atoms with Gasteiger partial charge in [0, 0.05) is 24.7 Å². The number of hydrogen-bond acceptors (Lipinski definition) is 3. The second-order valence-corrected chi connectivity index (χ2v) is 10.5. The predicted molar refractivity (Wildman–Crippen MR) is 122 cm³/mol. The quantitative estimate of drug-likeness (QED) is 0.639. The molecule has 27 heavy (non-hydrogen) atoms. The van der Waals surface area contributed by atoms with Crippen LogP contribution in [0.4, 0.5) is 0 Å². The van der Waals surface area contributed by atoms with Crippen molar-refractivity contribution in [1.82, 2.24) is 14.7 Å². The van der Waals surface area contributed by atoms with Crippen molar-refractivity contribution in [2.24, 2.45) is 5.41 Å². The average Bonchev–Trinajstić information content (AvgIpc) is 3.26. The minimum atomic E-state index is 0.574. The summed E-state index contributed by atoms with van der Waals surface area (Å²) in [6.07, 6.45) is 8.47. The van der Waals surface area contributed by atoms with Crippen molar-refractivity contribution in [2.75, 3.05) is 39.3 Å². The van der Waals surface area contributed by atoms with Gasteiger partial charge < -0.3 is 14.7 Å². The summed E-state index contributed by atoms with van der Waals surface area (Å²) >= 11 is 0. The standard InChI is InChI=1S/C9H19N.C8H17N.C7H15N/c1-8(2)10-6-5-9(3,4)7-10;1-8(2)9-6-4-3-5-7-9;1-7(2)8-5-3-4-6-8/h8H,5-7H2,1-4H3;8H,3-7H2,1-2H3;7H,3-6H2,1-2H3. The summed E-state index contributed by atoms with van der Waals surface area (Å²) in [4.78, 5) is 7.64. The summed E-state index contributed by atoms with van der Waals surface area (Å²) in [5, 5.41) is 0. The van der Waals surface area contributed by atoms with E-state index in [9.17, 15) is 0 Å². The van der Waals surface area contributed by atoms with E-state index in [0.29, 0.717) is 5.41 Å². The van der Waals surface area contributed by atoms with Crippen LogP contribution in [-0.2, 0) is 0 Å². The van der Waals surface area contributed by atoms with Gasteiger partial charge in [-0.05, 0) is 112 Å². The van der Waals surface area contributed by atoms with Crippen LogP contribution in [0.1, 0.15) is 93.9 Å². The molecule has 0 aliphatic carbocycles. The molecular weight excluding hydrogens is 330 g/mol. The Labute approximate surface area is 171 Å². The van der Waals surface area contributed by atoms with Crippen molar-refractivity contribution >= 4 is 0 Å². The molecule has 0 spiro atoms. The van der Waals surface area contributed by atoms with E-state index in [-0.39, 0.29) is 0 Å². The SMILES string of the molecule is CC(C)N1CCC(C)(C)C1.CC(C)N1CCCC1.CC(C)N1CCCCC1. The van der Waals surface area contributed by atoms with E-state index in [4.69, 9.17) is 0 Å². The van der Waals surface area contributed by atoms with Crippen molar-refractivity contribution in [2.45, 2.75) is 112 Å². The lowest BCUT2D eigenvalue weighted by molar-refractivity contribution is 0.185. The van der Waals surface area contributed by atoms with E-state index in [1.54, 1.807) is 0 Å². The van der Waals surface area contributed by atoms with E-state index in [1.807, 2.05) is 0 Å². The highest BCUT2D eigenvalue weighted by atomic mass is 15.2. The second-order valence-electron chi connectivity index (χ2n) is 10.5. The maximum Gasteiger partial charge on any atom is 0.00388 e. The summed E-state index contributed by atoms with van der Waals surface area (Å²) in [7, 11) is 0. The monoisotopic (exact) mass is 381 g/mol. The Balaban J connectivity index is 0.000000204. The van der Waals surface area contributed by atoms with Gasteiger partial charge in [0.05, 0.1) is 0 Å². The summed E-state index contributed by atoms with van der Waals surface area (Å²) in [5.41, 5.74) is 0.574. The van der Waals surface area contributed by atoms with Crippen LogP contribution in [-0.4, -0.2) is 72.1 Å². The molecule has 3 saturated heterocycles. The molecule has 3 aliphatic rings. The van der Waals surface area contributed by atoms with Gasteiger partial charge in [0.1, 0.15) is 0 Å². The van der Waals surface area contributed by atoms with E-state index < -0.39 is 0 Å². The van der Waals surface area contributed by atoms with Crippen LogP contribution < -0.4 is 0 Å². The van der Waals surface area contributed by atoms with Crippen LogP contribution in [0, 0.1) is 5.41 Å². The third-order valence-electron chi connectivity index (χ3n) is 6.43. The molecule has 3 fully saturated rings. The van der Waals surface area contributed by atoms with Crippen molar-refractivity contribution < 1.29 is 0 Å². The fourth-order valence-electron chi connectivity index (χ4n) is 4.29. The molecule has 0 aromatic carbocycles. The van der Waals surface area contributed by atoms with Crippen molar-refractivity contribution in [3.8, 4) is 0 Å². The average molecular weight is 382 g/mol. The third kappa shape index (κ3) is 10.3. The normalized spacial score (nSPS) is 24.1.